The van der Waals surface area contributed by atoms with Crippen molar-refractivity contribution in [2.75, 3.05) is 39.4 Å². The van der Waals surface area contributed by atoms with Crippen molar-refractivity contribution in [2.24, 2.45) is 16.2 Å². The molecular weight excluding hydrogens is 997 g/mol. The van der Waals surface area contributed by atoms with Crippen molar-refractivity contribution in [3.05, 3.63) is 100.0 Å². The highest BCUT2D eigenvalue weighted by atomic mass is 35.5. The molecule has 3 heterocycles. The third kappa shape index (κ3) is 14.4. The molecule has 0 radical (unpaired) electrons. The highest BCUT2D eigenvalue weighted by Gasteiger charge is 2.64. The van der Waals surface area contributed by atoms with Crippen molar-refractivity contribution in [1.82, 2.24) is 35.1 Å². The molecule has 1 saturated carbocycles. The number of aliphatic hydroxyl groups excluding tert-OH is 1. The molecule has 4 atom stereocenters. The Morgan fingerprint density at radius 2 is 1.70 bits per heavy atom. The molecule has 2 aliphatic rings. The molecule has 0 unspecified atom stereocenters. The van der Waals surface area contributed by atoms with Crippen LogP contribution >= 0.6 is 23.1 Å². The van der Waals surface area contributed by atoms with Crippen molar-refractivity contribution in [3.8, 4) is 22.3 Å². The second-order valence-electron chi connectivity index (χ2n) is 21.7. The average Bonchev–Trinajstić information content (AvgIpc) is 3.96. The second kappa shape index (κ2) is 23.9. The molecule has 20 heteroatoms. The van der Waals surface area contributed by atoms with Gasteiger partial charge in [-0.3, -0.25) is 24.2 Å². The number of pyridine rings is 1. The van der Waals surface area contributed by atoms with Gasteiger partial charge in [0.1, 0.15) is 42.3 Å². The second-order valence-corrected chi connectivity index (χ2v) is 22.9. The Morgan fingerprint density at radius 1 is 1.00 bits per heavy atom. The van der Waals surface area contributed by atoms with E-state index in [1.165, 1.54) is 16.4 Å². The Bertz CT molecular complexity index is 2640. The topological polar surface area (TPSA) is 199 Å². The Hall–Kier alpha value is -5.65. The number of aryl methyl sites for hydroxylation is 2. The molecule has 2 aromatic carbocycles. The summed E-state index contributed by atoms with van der Waals surface area (Å²) in [5.74, 6) is -1.44. The summed E-state index contributed by atoms with van der Waals surface area (Å²) < 4.78 is 56.3. The van der Waals surface area contributed by atoms with E-state index in [0.29, 0.717) is 29.2 Å². The number of nitrogens with one attached hydrogen (secondary N) is 3. The summed E-state index contributed by atoms with van der Waals surface area (Å²) in [5.41, 5.74) is 2.50. The van der Waals surface area contributed by atoms with Crippen LogP contribution in [0, 0.1) is 34.5 Å². The van der Waals surface area contributed by atoms with Crippen LogP contribution in [0.2, 0.25) is 5.02 Å². The average molecular weight is 1070 g/mol. The number of hydrogen-bond donors (Lipinski definition) is 4. The maximum atomic E-state index is 14.2. The van der Waals surface area contributed by atoms with Crippen molar-refractivity contribution in [3.63, 3.8) is 0 Å². The van der Waals surface area contributed by atoms with Crippen LogP contribution in [0.3, 0.4) is 0 Å². The number of alkyl halides is 3. The van der Waals surface area contributed by atoms with Gasteiger partial charge in [-0.05, 0) is 90.6 Å². The van der Waals surface area contributed by atoms with E-state index >= 15 is 0 Å². The van der Waals surface area contributed by atoms with Gasteiger partial charge in [-0.2, -0.15) is 18.4 Å². The van der Waals surface area contributed by atoms with E-state index in [1.807, 2.05) is 78.1 Å². The van der Waals surface area contributed by atoms with Crippen LogP contribution in [0.1, 0.15) is 113 Å². The molecule has 0 bridgehead atoms. The van der Waals surface area contributed by atoms with Crippen molar-refractivity contribution in [2.45, 2.75) is 131 Å². The van der Waals surface area contributed by atoms with Gasteiger partial charge in [-0.25, -0.2) is 4.37 Å². The first-order valence-electron chi connectivity index (χ1n) is 24.8. The molecule has 6 rings (SSSR count). The van der Waals surface area contributed by atoms with E-state index < -0.39 is 77.4 Å². The minimum Gasteiger partial charge on any atom is -0.489 e. The number of aromatic nitrogens is 2. The summed E-state index contributed by atoms with van der Waals surface area (Å²) in [6.07, 6.45) is -2.31. The quantitative estimate of drug-likeness (QED) is 0.0587. The molecule has 400 valence electrons. The lowest BCUT2D eigenvalue weighted by atomic mass is 9.49. The van der Waals surface area contributed by atoms with E-state index in [9.17, 15) is 42.7 Å². The van der Waals surface area contributed by atoms with Gasteiger partial charge in [0, 0.05) is 61.4 Å². The van der Waals surface area contributed by atoms with Crippen LogP contribution in [-0.4, -0.2) is 124 Å². The highest BCUT2D eigenvalue weighted by Crippen LogP contribution is 2.55. The van der Waals surface area contributed by atoms with Crippen LogP contribution in [0.15, 0.2) is 67.0 Å². The largest absolute Gasteiger partial charge is 0.489 e. The molecule has 1 saturated heterocycles. The van der Waals surface area contributed by atoms with E-state index in [-0.39, 0.29) is 63.0 Å². The number of carbonyl (C=O) groups excluding carboxylic acids is 4. The van der Waals surface area contributed by atoms with Crippen molar-refractivity contribution >= 4 is 46.8 Å². The number of β-amino-alcohol motifs (C(OH)–C–C–N with tert-alkyl or cyclic N) is 1. The standard InChI is InChI=1S/C54H68ClF3N8O7S/c1-32-28-61-74-44(32)36-15-13-35(14-16-36)33(2)62-47(70)42-25-38(67)30-66(42)48(71)45(51(3,4)5)63-43(68)31-72-24-23-65(22-20-54(56,57)58)21-10-11-34-12-19-41(60-29-34)46(69)64-49-52(6,7)50(53(49,8)9)73-39-18-17-37(27-59)40(55)26-39/h12-19,26,28-29,33,38,42,45,49-50,67H,10-11,20-25,30-31H2,1-9H3,(H,62,70)(H,63,68)(H,64,69)/t33-,38+,42-,45+,49-,50-/m0/s1. The van der Waals surface area contributed by atoms with E-state index in [2.05, 4.69) is 25.3 Å². The van der Waals surface area contributed by atoms with Crippen LogP contribution < -0.4 is 20.7 Å². The summed E-state index contributed by atoms with van der Waals surface area (Å²) in [6.45, 7) is 16.6. The lowest BCUT2D eigenvalue weighted by molar-refractivity contribution is -0.164. The fourth-order valence-electron chi connectivity index (χ4n) is 10.2. The molecule has 4 N–H and O–H groups in total. The number of carbonyl (C=O) groups is 4. The maximum Gasteiger partial charge on any atom is 0.390 e. The van der Waals surface area contributed by atoms with Crippen LogP contribution in [0.4, 0.5) is 13.2 Å². The molecule has 2 fully saturated rings. The summed E-state index contributed by atoms with van der Waals surface area (Å²) >= 11 is 7.64. The Morgan fingerprint density at radius 3 is 2.30 bits per heavy atom. The number of aliphatic hydroxyl groups is 1. The zero-order chi connectivity index (χ0) is 54.3. The molecule has 1 aliphatic heterocycles. The number of rotatable bonds is 21. The summed E-state index contributed by atoms with van der Waals surface area (Å²) in [5, 5.41) is 29.0. The number of amides is 4. The fourth-order valence-corrected chi connectivity index (χ4v) is 11.2. The van der Waals surface area contributed by atoms with Crippen molar-refractivity contribution in [1.29, 1.82) is 5.26 Å². The number of ether oxygens (including phenoxy) is 2. The number of hydrogen-bond acceptors (Lipinski definition) is 12. The number of likely N-dealkylation sites (tertiary alicyclic amines) is 1. The number of nitriles is 1. The van der Waals surface area contributed by atoms with Gasteiger partial charge in [-0.15, -0.1) is 0 Å². The molecule has 0 spiro atoms. The third-order valence-electron chi connectivity index (χ3n) is 14.0. The van der Waals surface area contributed by atoms with Crippen LogP contribution in [0.25, 0.3) is 10.4 Å². The SMILES string of the molecule is Cc1cnsc1-c1ccc([C@H](C)NC(=O)[C@@H]2C[C@@H](O)CN2C(=O)[C@@H](NC(=O)COCCN(CCCc2ccc(C(=O)N[C@H]3C(C)(C)[C@H](Oc4ccc(C#N)c(Cl)c4)C3(C)C)nc2)CCC(F)(F)F)C(C)(C)C)cc1. The smallest absolute Gasteiger partial charge is 0.390 e. The number of benzene rings is 2. The zero-order valence-corrected chi connectivity index (χ0v) is 45.0. The molecule has 1 aliphatic carbocycles. The Labute approximate surface area is 440 Å². The minimum absolute atomic E-state index is 0.0196. The van der Waals surface area contributed by atoms with Gasteiger partial charge in [0.25, 0.3) is 5.91 Å². The maximum absolute atomic E-state index is 14.2. The zero-order valence-electron chi connectivity index (χ0n) is 43.4. The predicted octanol–water partition coefficient (Wildman–Crippen LogP) is 8.22. The first-order chi connectivity index (χ1) is 34.7. The molecule has 74 heavy (non-hydrogen) atoms. The lowest BCUT2D eigenvalue weighted by Crippen LogP contribution is -2.74. The summed E-state index contributed by atoms with van der Waals surface area (Å²) in [4.78, 5) is 63.0. The van der Waals surface area contributed by atoms with E-state index in [0.717, 1.165) is 27.1 Å². The molecule has 2 aromatic heterocycles. The highest BCUT2D eigenvalue weighted by molar-refractivity contribution is 7.09. The normalized spacial score (nSPS) is 20.0. The Balaban J connectivity index is 0.964. The van der Waals surface area contributed by atoms with Crippen molar-refractivity contribution < 1.29 is 46.9 Å². The third-order valence-corrected chi connectivity index (χ3v) is 15.3. The fraction of sp³-hybridized carbons (Fsp3) is 0.537. The number of halogens is 4. The van der Waals surface area contributed by atoms with Crippen LogP contribution in [-0.2, 0) is 25.5 Å². The van der Waals surface area contributed by atoms with E-state index in [1.54, 1.807) is 62.2 Å². The van der Waals surface area contributed by atoms with Gasteiger partial charge in [-0.1, -0.05) is 90.4 Å². The minimum atomic E-state index is -4.39. The van der Waals surface area contributed by atoms with Gasteiger partial charge in [0.2, 0.25) is 17.7 Å². The molecule has 4 amide bonds. The molecular formula is C54H68ClF3N8O7S. The summed E-state index contributed by atoms with van der Waals surface area (Å²) in [6, 6.07) is 15.3. The monoisotopic (exact) mass is 1060 g/mol. The van der Waals surface area contributed by atoms with Gasteiger partial charge in [0.15, 0.2) is 0 Å². The van der Waals surface area contributed by atoms with Gasteiger partial charge < -0.3 is 40.3 Å². The molecule has 4 aromatic rings. The lowest BCUT2D eigenvalue weighted by Gasteiger charge is -2.63. The predicted molar refractivity (Wildman–Crippen MR) is 276 cm³/mol. The van der Waals surface area contributed by atoms with Crippen LogP contribution in [0.5, 0.6) is 5.75 Å². The molecule has 15 nitrogen and oxygen atoms in total. The first-order valence-corrected chi connectivity index (χ1v) is 25.9. The summed E-state index contributed by atoms with van der Waals surface area (Å²) in [7, 11) is 0. The first kappa shape index (κ1) is 57.6. The van der Waals surface area contributed by atoms with Gasteiger partial charge in [0.05, 0.1) is 40.6 Å². The number of nitrogens with zero attached hydrogens (tertiary/aromatic N) is 5. The van der Waals surface area contributed by atoms with E-state index in [4.69, 9.17) is 21.1 Å². The Kier molecular flexibility index (Phi) is 18.6. The van der Waals surface area contributed by atoms with Gasteiger partial charge >= 0.3 is 6.18 Å².